The fraction of sp³-hybridized carbons (Fsp3) is 0.458. The van der Waals surface area contributed by atoms with E-state index in [4.69, 9.17) is 9.15 Å². The van der Waals surface area contributed by atoms with Gasteiger partial charge in [0.1, 0.15) is 11.8 Å². The van der Waals surface area contributed by atoms with Crippen molar-refractivity contribution in [3.63, 3.8) is 0 Å². The molecule has 1 aromatic heterocycles. The van der Waals surface area contributed by atoms with E-state index in [9.17, 15) is 14.4 Å². The van der Waals surface area contributed by atoms with E-state index in [-0.39, 0.29) is 29.7 Å². The van der Waals surface area contributed by atoms with E-state index >= 15 is 0 Å². The number of hydrogen-bond donors (Lipinski definition) is 2. The molecule has 1 aliphatic rings. The average Bonchev–Trinajstić information content (AvgIpc) is 3.37. The summed E-state index contributed by atoms with van der Waals surface area (Å²) in [7, 11) is 1.54. The number of nitrogens with one attached hydrogen (secondary N) is 2. The Hall–Kier alpha value is -3.29. The third-order valence-corrected chi connectivity index (χ3v) is 5.93. The van der Waals surface area contributed by atoms with Gasteiger partial charge in [-0.1, -0.05) is 13.0 Å². The Morgan fingerprint density at radius 3 is 2.53 bits per heavy atom. The van der Waals surface area contributed by atoms with Crippen LogP contribution in [0.25, 0.3) is 0 Å². The molecule has 2 aromatic rings. The van der Waals surface area contributed by atoms with Gasteiger partial charge in [0.15, 0.2) is 5.76 Å². The molecule has 2 atom stereocenters. The zero-order valence-electron chi connectivity index (χ0n) is 18.8. The molecule has 0 saturated carbocycles. The first-order valence-electron chi connectivity index (χ1n) is 11.0. The van der Waals surface area contributed by atoms with Gasteiger partial charge in [-0.2, -0.15) is 0 Å². The van der Waals surface area contributed by atoms with Crippen molar-refractivity contribution in [2.45, 2.75) is 45.2 Å². The third-order valence-electron chi connectivity index (χ3n) is 5.93. The summed E-state index contributed by atoms with van der Waals surface area (Å²) in [6.07, 6.45) is 3.47. The molecule has 1 aliphatic heterocycles. The highest BCUT2D eigenvalue weighted by atomic mass is 16.5. The summed E-state index contributed by atoms with van der Waals surface area (Å²) in [4.78, 5) is 40.3. The lowest BCUT2D eigenvalue weighted by atomic mass is 9.88. The first-order chi connectivity index (χ1) is 15.4. The topological polar surface area (TPSA) is 101 Å². The summed E-state index contributed by atoms with van der Waals surface area (Å²) >= 11 is 0. The average molecular weight is 442 g/mol. The zero-order valence-corrected chi connectivity index (χ0v) is 18.8. The highest BCUT2D eigenvalue weighted by Gasteiger charge is 2.35. The van der Waals surface area contributed by atoms with Crippen molar-refractivity contribution in [1.82, 2.24) is 15.5 Å². The van der Waals surface area contributed by atoms with Crippen molar-refractivity contribution in [3.8, 4) is 5.75 Å². The van der Waals surface area contributed by atoms with Crippen LogP contribution in [0.4, 0.5) is 0 Å². The highest BCUT2D eigenvalue weighted by molar-refractivity contribution is 5.98. The largest absolute Gasteiger partial charge is 0.497 e. The van der Waals surface area contributed by atoms with E-state index in [0.717, 1.165) is 6.42 Å². The second kappa shape index (κ2) is 10.8. The molecular weight excluding hydrogens is 410 g/mol. The van der Waals surface area contributed by atoms with Crippen LogP contribution in [0.1, 0.15) is 54.0 Å². The molecule has 32 heavy (non-hydrogen) atoms. The standard InChI is InChI=1S/C24H31N3O5/c1-4-16(2)25-23(29)21(26-22(28)18-7-5-8-19(15-18)31-3)17-10-12-27(13-11-17)24(30)20-9-6-14-32-20/h5-9,14-17,21H,4,10-13H2,1-3H3,(H,25,29)(H,26,28). The van der Waals surface area contributed by atoms with Crippen LogP contribution in [0.3, 0.4) is 0 Å². The zero-order chi connectivity index (χ0) is 23.1. The number of furan rings is 1. The minimum Gasteiger partial charge on any atom is -0.497 e. The van der Waals surface area contributed by atoms with Crippen LogP contribution >= 0.6 is 0 Å². The van der Waals surface area contributed by atoms with E-state index < -0.39 is 6.04 Å². The fourth-order valence-electron chi connectivity index (χ4n) is 3.81. The summed E-state index contributed by atoms with van der Waals surface area (Å²) in [6, 6.07) is 9.46. The molecule has 0 spiro atoms. The second-order valence-electron chi connectivity index (χ2n) is 8.11. The Bertz CT molecular complexity index is 919. The molecule has 0 radical (unpaired) electrons. The Labute approximate surface area is 188 Å². The molecule has 1 saturated heterocycles. The van der Waals surface area contributed by atoms with E-state index in [1.165, 1.54) is 13.4 Å². The van der Waals surface area contributed by atoms with E-state index in [1.54, 1.807) is 41.3 Å². The predicted molar refractivity (Wildman–Crippen MR) is 119 cm³/mol. The minimum atomic E-state index is -0.691. The van der Waals surface area contributed by atoms with E-state index in [1.807, 2.05) is 13.8 Å². The van der Waals surface area contributed by atoms with Crippen LogP contribution in [-0.2, 0) is 4.79 Å². The maximum atomic E-state index is 13.1. The number of piperidine rings is 1. The van der Waals surface area contributed by atoms with Gasteiger partial charge in [-0.05, 0) is 62.4 Å². The molecule has 2 unspecified atom stereocenters. The maximum absolute atomic E-state index is 13.1. The number of amides is 3. The lowest BCUT2D eigenvalue weighted by molar-refractivity contribution is -0.125. The predicted octanol–water partition coefficient (Wildman–Crippen LogP) is 2.85. The number of rotatable bonds is 8. The first-order valence-corrected chi connectivity index (χ1v) is 11.0. The fourth-order valence-corrected chi connectivity index (χ4v) is 3.81. The van der Waals surface area contributed by atoms with Crippen molar-refractivity contribution in [2.24, 2.45) is 5.92 Å². The van der Waals surface area contributed by atoms with Crippen molar-refractivity contribution in [3.05, 3.63) is 54.0 Å². The lowest BCUT2D eigenvalue weighted by Gasteiger charge is -2.35. The normalized spacial score (nSPS) is 16.2. The number of hydrogen-bond acceptors (Lipinski definition) is 5. The molecular formula is C24H31N3O5. The second-order valence-corrected chi connectivity index (χ2v) is 8.11. The summed E-state index contributed by atoms with van der Waals surface area (Å²) in [5, 5.41) is 5.92. The van der Waals surface area contributed by atoms with Crippen LogP contribution in [0.5, 0.6) is 5.75 Å². The van der Waals surface area contributed by atoms with Gasteiger partial charge in [-0.15, -0.1) is 0 Å². The van der Waals surface area contributed by atoms with Crippen LogP contribution in [0.15, 0.2) is 47.1 Å². The summed E-state index contributed by atoms with van der Waals surface area (Å²) in [5.41, 5.74) is 0.427. The summed E-state index contributed by atoms with van der Waals surface area (Å²) < 4.78 is 10.4. The molecule has 2 N–H and O–H groups in total. The quantitative estimate of drug-likeness (QED) is 0.656. The number of carbonyl (C=O) groups is 3. The number of likely N-dealkylation sites (tertiary alicyclic amines) is 1. The Morgan fingerprint density at radius 2 is 1.91 bits per heavy atom. The number of benzene rings is 1. The van der Waals surface area contributed by atoms with Crippen molar-refractivity contribution < 1.29 is 23.5 Å². The number of nitrogens with zero attached hydrogens (tertiary/aromatic N) is 1. The first kappa shape index (κ1) is 23.4. The van der Waals surface area contributed by atoms with Crippen LogP contribution in [-0.4, -0.2) is 54.9 Å². The van der Waals surface area contributed by atoms with Gasteiger partial charge in [0.05, 0.1) is 13.4 Å². The molecule has 8 nitrogen and oxygen atoms in total. The van der Waals surface area contributed by atoms with Gasteiger partial charge < -0.3 is 24.7 Å². The van der Waals surface area contributed by atoms with Crippen molar-refractivity contribution in [1.29, 1.82) is 0 Å². The van der Waals surface area contributed by atoms with Crippen molar-refractivity contribution in [2.75, 3.05) is 20.2 Å². The smallest absolute Gasteiger partial charge is 0.289 e. The number of carbonyl (C=O) groups excluding carboxylic acids is 3. The minimum absolute atomic E-state index is 0.000610. The monoisotopic (exact) mass is 441 g/mol. The van der Waals surface area contributed by atoms with Crippen LogP contribution in [0.2, 0.25) is 0 Å². The summed E-state index contributed by atoms with van der Waals surface area (Å²) in [5.74, 6) is 0.0984. The Morgan fingerprint density at radius 1 is 1.16 bits per heavy atom. The highest BCUT2D eigenvalue weighted by Crippen LogP contribution is 2.23. The number of methoxy groups -OCH3 is 1. The van der Waals surface area contributed by atoms with Gasteiger partial charge >= 0.3 is 0 Å². The molecule has 3 amide bonds. The molecule has 1 aromatic carbocycles. The molecule has 172 valence electrons. The van der Waals surface area contributed by atoms with Gasteiger partial charge in [0.25, 0.3) is 11.8 Å². The molecule has 0 bridgehead atoms. The number of ether oxygens (including phenoxy) is 1. The molecule has 1 fully saturated rings. The maximum Gasteiger partial charge on any atom is 0.289 e. The van der Waals surface area contributed by atoms with Gasteiger partial charge in [-0.25, -0.2) is 0 Å². The van der Waals surface area contributed by atoms with Gasteiger partial charge in [-0.3, -0.25) is 14.4 Å². The van der Waals surface area contributed by atoms with Gasteiger partial charge in [0.2, 0.25) is 5.91 Å². The van der Waals surface area contributed by atoms with Gasteiger partial charge in [0, 0.05) is 24.7 Å². The lowest BCUT2D eigenvalue weighted by Crippen LogP contribution is -2.55. The Kier molecular flexibility index (Phi) is 7.92. The summed E-state index contributed by atoms with van der Waals surface area (Å²) in [6.45, 7) is 4.91. The Balaban J connectivity index is 1.70. The molecule has 8 heteroatoms. The van der Waals surface area contributed by atoms with Crippen LogP contribution < -0.4 is 15.4 Å². The SMILES string of the molecule is CCC(C)NC(=O)C(NC(=O)c1cccc(OC)c1)C1CCN(C(=O)c2ccco2)CC1. The van der Waals surface area contributed by atoms with Crippen molar-refractivity contribution >= 4 is 17.7 Å². The molecule has 3 rings (SSSR count). The van der Waals surface area contributed by atoms with Crippen LogP contribution in [0, 0.1) is 5.92 Å². The third kappa shape index (κ3) is 5.69. The molecule has 0 aliphatic carbocycles. The molecule has 2 heterocycles. The van der Waals surface area contributed by atoms with E-state index in [0.29, 0.717) is 43.0 Å². The van der Waals surface area contributed by atoms with E-state index in [2.05, 4.69) is 10.6 Å².